The summed E-state index contributed by atoms with van der Waals surface area (Å²) >= 11 is 0. The van der Waals surface area contributed by atoms with Crippen LogP contribution < -0.4 is 49.1 Å². The standard InChI is InChI=1S/C54H77F2N11O12.C2HF3O2/c1-31(62-51(76)41(63-33(3)69)16-10-11-22-57)48(73)61-32(2)49(74)65-43(27-45(59)71)52(77)64-42(50(75)60-23-12-15-37(70)18-20-40(58)53(78)79)21-24-67(46(72)30-68)47(54(4,5)6)44-25-35(38-26-36(55)17-19-39(38)56)29-66(44)28-34-13-8-7-9-14-34;3-2(4,5)1(6)7/h7-9,13-14,17,19,25-26,29,31-32,40-43,47,68H,10-12,15-16,18,20-24,27-28,30,57-58H2,1-6H3,(H2,59,71)(H,60,75)(H,61,73)(H,62,76)(H,63,69)(H,64,77)(H,65,74)(H,78,79);(H,6,7)/t31-,32-,40-,41-,42-,43-,47-;/m0./s1. The van der Waals surface area contributed by atoms with Crippen molar-refractivity contribution in [2.24, 2.45) is 22.6 Å². The van der Waals surface area contributed by atoms with Crippen LogP contribution in [0.1, 0.15) is 117 Å². The third kappa shape index (κ3) is 25.5. The summed E-state index contributed by atoms with van der Waals surface area (Å²) in [6.45, 7) is 8.23. The number of amides is 8. The number of alkyl halides is 3. The molecule has 15 N–H and O–H groups in total. The second-order valence-electron chi connectivity index (χ2n) is 21.2. The molecule has 0 radical (unpaired) electrons. The van der Waals surface area contributed by atoms with Gasteiger partial charge in [-0.25, -0.2) is 13.6 Å². The van der Waals surface area contributed by atoms with Crippen LogP contribution in [-0.4, -0.2) is 158 Å². The first-order valence-corrected chi connectivity index (χ1v) is 27.3. The molecule has 2 aromatic carbocycles. The van der Waals surface area contributed by atoms with Crippen LogP contribution in [0.25, 0.3) is 11.1 Å². The summed E-state index contributed by atoms with van der Waals surface area (Å²) in [4.78, 5) is 140. The van der Waals surface area contributed by atoms with E-state index in [0.29, 0.717) is 25.1 Å². The molecule has 7 atom stereocenters. The SMILES string of the molecule is CC(=O)N[C@@H](CCCCN)C(=O)N[C@@H](C)C(=O)N[C@@H](C)C(=O)N[C@@H](CC(N)=O)C(=O)N[C@@H](CCN(C(=O)CO)[C@@H](c1cc(-c2cc(F)ccc2F)cn1Cc1ccccc1)C(C)(C)C)C(=O)NCCCC(=O)CC[C@H](N)C(=O)O.O=C(O)C(F)(F)F. The van der Waals surface area contributed by atoms with E-state index in [-0.39, 0.29) is 68.6 Å². The first-order chi connectivity index (χ1) is 40.1. The van der Waals surface area contributed by atoms with E-state index < -0.39 is 144 Å². The van der Waals surface area contributed by atoms with Gasteiger partial charge in [-0.15, -0.1) is 0 Å². The Morgan fingerprint density at radius 1 is 0.709 bits per heavy atom. The monoisotopic (exact) mass is 1220 g/mol. The zero-order valence-corrected chi connectivity index (χ0v) is 48.6. The molecule has 25 nitrogen and oxygen atoms in total. The van der Waals surface area contributed by atoms with Gasteiger partial charge >= 0.3 is 18.1 Å². The van der Waals surface area contributed by atoms with Gasteiger partial charge in [-0.2, -0.15) is 13.2 Å². The van der Waals surface area contributed by atoms with Crippen molar-refractivity contribution in [3.63, 3.8) is 0 Å². The lowest BCUT2D eigenvalue weighted by molar-refractivity contribution is -0.192. The van der Waals surface area contributed by atoms with Crippen LogP contribution in [0.5, 0.6) is 0 Å². The van der Waals surface area contributed by atoms with Crippen molar-refractivity contribution in [2.45, 2.75) is 154 Å². The van der Waals surface area contributed by atoms with Gasteiger partial charge in [0.25, 0.3) is 0 Å². The quantitative estimate of drug-likeness (QED) is 0.0304. The van der Waals surface area contributed by atoms with Crippen LogP contribution in [0.2, 0.25) is 0 Å². The number of unbranched alkanes of at least 4 members (excludes halogenated alkanes) is 1. The van der Waals surface area contributed by atoms with Gasteiger partial charge in [-0.1, -0.05) is 51.1 Å². The fourth-order valence-corrected chi connectivity index (χ4v) is 8.59. The Labute approximate surface area is 493 Å². The molecule has 0 spiro atoms. The second-order valence-corrected chi connectivity index (χ2v) is 21.2. The van der Waals surface area contributed by atoms with Crippen molar-refractivity contribution in [2.75, 3.05) is 26.2 Å². The van der Waals surface area contributed by atoms with Gasteiger partial charge in [0.05, 0.1) is 12.5 Å². The molecule has 1 heterocycles. The van der Waals surface area contributed by atoms with Gasteiger partial charge in [0.2, 0.25) is 47.3 Å². The molecule has 0 unspecified atom stereocenters. The van der Waals surface area contributed by atoms with E-state index in [1.807, 2.05) is 30.3 Å². The number of Topliss-reactive ketones (excluding diaryl/α,β-unsaturated/α-hetero) is 1. The molecule has 0 saturated heterocycles. The molecule has 1 aromatic heterocycles. The van der Waals surface area contributed by atoms with Crippen LogP contribution in [0.15, 0.2) is 60.8 Å². The Morgan fingerprint density at radius 2 is 1.28 bits per heavy atom. The van der Waals surface area contributed by atoms with E-state index in [2.05, 4.69) is 31.9 Å². The lowest BCUT2D eigenvalue weighted by Gasteiger charge is -2.41. The number of carboxylic acids is 2. The number of nitrogens with one attached hydrogen (secondary N) is 6. The second kappa shape index (κ2) is 35.2. The topological polar surface area (TPSA) is 407 Å². The van der Waals surface area contributed by atoms with E-state index >= 15 is 4.39 Å². The molecule has 3 rings (SSSR count). The molecule has 0 aliphatic carbocycles. The van der Waals surface area contributed by atoms with Crippen LogP contribution in [-0.2, 0) is 59.3 Å². The highest BCUT2D eigenvalue weighted by molar-refractivity contribution is 5.97. The highest BCUT2D eigenvalue weighted by atomic mass is 19.4. The summed E-state index contributed by atoms with van der Waals surface area (Å²) in [5, 5.41) is 41.6. The highest BCUT2D eigenvalue weighted by Gasteiger charge is 2.40. The van der Waals surface area contributed by atoms with Crippen molar-refractivity contribution in [1.29, 1.82) is 0 Å². The smallest absolute Gasteiger partial charge is 0.480 e. The van der Waals surface area contributed by atoms with Crippen LogP contribution >= 0.6 is 0 Å². The summed E-state index contributed by atoms with van der Waals surface area (Å²) < 4.78 is 63.5. The van der Waals surface area contributed by atoms with Crippen LogP contribution in [0.4, 0.5) is 22.0 Å². The largest absolute Gasteiger partial charge is 0.490 e. The Morgan fingerprint density at radius 3 is 1.83 bits per heavy atom. The maximum absolute atomic E-state index is 15.4. The zero-order chi connectivity index (χ0) is 65.2. The number of carbonyl (C=O) groups is 11. The number of nitrogens with two attached hydrogens (primary N) is 3. The number of aliphatic hydroxyl groups is 1. The van der Waals surface area contributed by atoms with Crippen LogP contribution in [0, 0.1) is 17.0 Å². The van der Waals surface area contributed by atoms with Gasteiger partial charge < -0.3 is 73.9 Å². The van der Waals surface area contributed by atoms with E-state index in [1.54, 1.807) is 37.6 Å². The average molecular weight is 1220 g/mol. The lowest BCUT2D eigenvalue weighted by atomic mass is 9.82. The number of aliphatic hydroxyl groups excluding tert-OH is 1. The molecule has 0 aliphatic rings. The molecule has 8 amide bonds. The Kier molecular flexibility index (Phi) is 30.1. The third-order valence-electron chi connectivity index (χ3n) is 12.9. The molecule has 3 aromatic rings. The summed E-state index contributed by atoms with van der Waals surface area (Å²) in [7, 11) is 0. The highest BCUT2D eigenvalue weighted by Crippen LogP contribution is 2.41. The number of ketones is 1. The summed E-state index contributed by atoms with van der Waals surface area (Å²) in [5.74, 6) is -12.6. The number of carbonyl (C=O) groups excluding carboxylic acids is 9. The van der Waals surface area contributed by atoms with Gasteiger partial charge in [0, 0.05) is 62.4 Å². The number of primary amides is 1. The molecular weight excluding hydrogens is 1150 g/mol. The summed E-state index contributed by atoms with van der Waals surface area (Å²) in [6, 6.07) is 4.55. The summed E-state index contributed by atoms with van der Waals surface area (Å²) in [5.41, 5.74) is 17.1. The van der Waals surface area contributed by atoms with Crippen molar-refractivity contribution < 1.29 is 90.0 Å². The Bertz CT molecular complexity index is 2830. The average Bonchev–Trinajstić information content (AvgIpc) is 1.82. The number of nitrogens with zero attached hydrogens (tertiary/aromatic N) is 2. The minimum atomic E-state index is -5.08. The molecule has 86 heavy (non-hydrogen) atoms. The van der Waals surface area contributed by atoms with Crippen molar-refractivity contribution in [1.82, 2.24) is 41.4 Å². The molecule has 0 saturated carbocycles. The fourth-order valence-electron chi connectivity index (χ4n) is 8.59. The molecule has 30 heteroatoms. The molecule has 0 aliphatic heterocycles. The maximum Gasteiger partial charge on any atom is 0.490 e. The number of hydrogen-bond acceptors (Lipinski definition) is 14. The van der Waals surface area contributed by atoms with Crippen molar-refractivity contribution >= 4 is 65.0 Å². The number of aliphatic carboxylic acids is 2. The minimum Gasteiger partial charge on any atom is -0.480 e. The van der Waals surface area contributed by atoms with Crippen molar-refractivity contribution in [3.8, 4) is 11.1 Å². The third-order valence-corrected chi connectivity index (χ3v) is 12.9. The van der Waals surface area contributed by atoms with E-state index in [1.165, 1.54) is 25.7 Å². The first-order valence-electron chi connectivity index (χ1n) is 27.3. The van der Waals surface area contributed by atoms with Gasteiger partial charge in [-0.05, 0) is 94.2 Å². The lowest BCUT2D eigenvalue weighted by Crippen LogP contribution is -2.59. The molecule has 0 fully saturated rings. The van der Waals surface area contributed by atoms with E-state index in [0.717, 1.165) is 23.8 Å². The van der Waals surface area contributed by atoms with Gasteiger partial charge in [0.1, 0.15) is 60.3 Å². The maximum atomic E-state index is 15.4. The van der Waals surface area contributed by atoms with Gasteiger partial charge in [0.15, 0.2) is 0 Å². The predicted octanol–water partition coefficient (Wildman–Crippen LogP) is 1.56. The number of benzene rings is 2. The Hall–Kier alpha value is -8.38. The number of hydrogen-bond donors (Lipinski definition) is 12. The fraction of sp³-hybridized carbons (Fsp3) is 0.518. The van der Waals surface area contributed by atoms with Crippen LogP contribution in [0.3, 0.4) is 0 Å². The Balaban J connectivity index is 0.00000338. The number of rotatable bonds is 33. The van der Waals surface area contributed by atoms with Gasteiger partial charge in [-0.3, -0.25) is 47.9 Å². The molecule has 0 bridgehead atoms. The zero-order valence-electron chi connectivity index (χ0n) is 48.6. The molecule has 476 valence electrons. The number of carboxylic acid groups (broad SMARTS) is 2. The van der Waals surface area contributed by atoms with Crippen molar-refractivity contribution in [3.05, 3.63) is 83.7 Å². The summed E-state index contributed by atoms with van der Waals surface area (Å²) in [6.07, 6.45) is -3.63. The normalized spacial score (nSPS) is 13.7. The van der Waals surface area contributed by atoms with E-state index in [4.69, 9.17) is 32.2 Å². The number of halogens is 5. The van der Waals surface area contributed by atoms with E-state index in [9.17, 15) is 70.6 Å². The first kappa shape index (κ1) is 73.7. The minimum absolute atomic E-state index is 0.0678. The number of aromatic nitrogens is 1. The predicted molar refractivity (Wildman–Crippen MR) is 300 cm³/mol. The molecular formula is C56H78F5N11O14.